The maximum absolute atomic E-state index is 11.6. The number of esters is 1. The van der Waals surface area contributed by atoms with Crippen LogP contribution in [0.15, 0.2) is 42.5 Å². The molecule has 0 amide bonds. The van der Waals surface area contributed by atoms with Gasteiger partial charge in [0.25, 0.3) is 0 Å². The Bertz CT molecular complexity index is 522. The number of aliphatic hydroxyl groups excluding tert-OH is 1. The third-order valence-electron chi connectivity index (χ3n) is 4.34. The van der Waals surface area contributed by atoms with Gasteiger partial charge in [0.15, 0.2) is 0 Å². The van der Waals surface area contributed by atoms with Crippen LogP contribution in [0.2, 0.25) is 0 Å². The summed E-state index contributed by atoms with van der Waals surface area (Å²) in [4.78, 5) is 11.6. The van der Waals surface area contributed by atoms with Crippen molar-refractivity contribution >= 4 is 5.97 Å². The fourth-order valence-electron chi connectivity index (χ4n) is 2.56. The van der Waals surface area contributed by atoms with Gasteiger partial charge in [0, 0.05) is 11.3 Å². The number of benzene rings is 1. The largest absolute Gasteiger partial charge is 0.466 e. The van der Waals surface area contributed by atoms with Crippen molar-refractivity contribution < 1.29 is 19.4 Å². The number of rotatable bonds is 10. The number of carbonyl (C=O) groups is 1. The minimum absolute atomic E-state index is 0.0809. The molecule has 0 heterocycles. The van der Waals surface area contributed by atoms with Gasteiger partial charge < -0.3 is 14.6 Å². The zero-order chi connectivity index (χ0) is 18.2. The van der Waals surface area contributed by atoms with Crippen LogP contribution in [0.3, 0.4) is 0 Å². The summed E-state index contributed by atoms with van der Waals surface area (Å²) in [6.45, 7) is 12.8. The van der Waals surface area contributed by atoms with Crippen LogP contribution in [0.5, 0.6) is 0 Å². The first-order valence-electron chi connectivity index (χ1n) is 8.42. The minimum atomic E-state index is -0.657. The third kappa shape index (κ3) is 6.10. The molecule has 0 unspecified atom stereocenters. The molecule has 4 heteroatoms. The molecule has 2 atom stereocenters. The molecule has 1 N–H and O–H groups in total. The lowest BCUT2D eigenvalue weighted by atomic mass is 9.74. The first kappa shape index (κ1) is 20.4. The van der Waals surface area contributed by atoms with Gasteiger partial charge in [-0.3, -0.25) is 4.79 Å². The molecule has 0 radical (unpaired) electrons. The monoisotopic (exact) mass is 334 g/mol. The van der Waals surface area contributed by atoms with Gasteiger partial charge in [0.2, 0.25) is 0 Å². The van der Waals surface area contributed by atoms with Crippen LogP contribution in [0, 0.1) is 11.3 Å². The zero-order valence-electron chi connectivity index (χ0n) is 15.2. The molecule has 24 heavy (non-hydrogen) atoms. The Morgan fingerprint density at radius 2 is 1.92 bits per heavy atom. The molecule has 0 bridgehead atoms. The van der Waals surface area contributed by atoms with Crippen LogP contribution in [-0.2, 0) is 20.9 Å². The summed E-state index contributed by atoms with van der Waals surface area (Å²) >= 11 is 0. The molecule has 0 aliphatic heterocycles. The Hall–Kier alpha value is -1.65. The highest BCUT2D eigenvalue weighted by atomic mass is 16.5. The second kappa shape index (κ2) is 9.60. The second-order valence-electron chi connectivity index (χ2n) is 6.73. The number of ether oxygens (including phenoxy) is 2. The summed E-state index contributed by atoms with van der Waals surface area (Å²) < 4.78 is 10.7. The van der Waals surface area contributed by atoms with E-state index in [-0.39, 0.29) is 18.3 Å². The van der Waals surface area contributed by atoms with E-state index in [1.165, 1.54) is 0 Å². The normalized spacial score (nSPS) is 14.0. The van der Waals surface area contributed by atoms with E-state index >= 15 is 0 Å². The van der Waals surface area contributed by atoms with Crippen LogP contribution in [0.25, 0.3) is 0 Å². The maximum atomic E-state index is 11.6. The standard InChI is InChI=1S/C20H30O4/c1-6-24-18(21)12-16(3)20(4,5)19(22)15(2)13-23-14-17-10-8-7-9-11-17/h7-11,15,19,22H,3,6,12-14H2,1-2,4-5H3/t15-,19-/m1/s1. The van der Waals surface area contributed by atoms with Gasteiger partial charge in [0.05, 0.1) is 32.3 Å². The van der Waals surface area contributed by atoms with Gasteiger partial charge in [-0.05, 0) is 12.5 Å². The number of hydrogen-bond donors (Lipinski definition) is 1. The molecule has 1 aromatic rings. The topological polar surface area (TPSA) is 55.8 Å². The second-order valence-corrected chi connectivity index (χ2v) is 6.73. The van der Waals surface area contributed by atoms with Crippen LogP contribution < -0.4 is 0 Å². The van der Waals surface area contributed by atoms with Crippen molar-refractivity contribution in [3.05, 3.63) is 48.0 Å². The van der Waals surface area contributed by atoms with E-state index in [0.29, 0.717) is 25.4 Å². The predicted molar refractivity (Wildman–Crippen MR) is 95.4 cm³/mol. The first-order chi connectivity index (χ1) is 11.3. The average Bonchev–Trinajstić information content (AvgIpc) is 2.55. The smallest absolute Gasteiger partial charge is 0.309 e. The zero-order valence-corrected chi connectivity index (χ0v) is 15.2. The van der Waals surface area contributed by atoms with Crippen molar-refractivity contribution in [2.24, 2.45) is 11.3 Å². The highest BCUT2D eigenvalue weighted by Gasteiger charge is 2.35. The summed E-state index contributed by atoms with van der Waals surface area (Å²) in [5.41, 5.74) is 1.18. The Labute approximate surface area is 145 Å². The van der Waals surface area contributed by atoms with Crippen molar-refractivity contribution in [3.63, 3.8) is 0 Å². The fourth-order valence-corrected chi connectivity index (χ4v) is 2.56. The molecule has 0 saturated carbocycles. The van der Waals surface area contributed by atoms with E-state index in [2.05, 4.69) is 6.58 Å². The summed E-state index contributed by atoms with van der Waals surface area (Å²) in [7, 11) is 0. The molecule has 0 saturated heterocycles. The molecule has 1 aromatic carbocycles. The van der Waals surface area contributed by atoms with Crippen LogP contribution in [0.4, 0.5) is 0 Å². The number of aliphatic hydroxyl groups is 1. The van der Waals surface area contributed by atoms with Gasteiger partial charge in [0.1, 0.15) is 0 Å². The first-order valence-corrected chi connectivity index (χ1v) is 8.42. The summed E-state index contributed by atoms with van der Waals surface area (Å²) in [6.07, 6.45) is -0.537. The minimum Gasteiger partial charge on any atom is -0.466 e. The van der Waals surface area contributed by atoms with Crippen LogP contribution in [0.1, 0.15) is 39.7 Å². The molecule has 134 valence electrons. The summed E-state index contributed by atoms with van der Waals surface area (Å²) in [6, 6.07) is 9.92. The molecule has 1 rings (SSSR count). The van der Waals surface area contributed by atoms with Crippen LogP contribution in [-0.4, -0.2) is 30.4 Å². The van der Waals surface area contributed by atoms with E-state index in [1.807, 2.05) is 51.1 Å². The van der Waals surface area contributed by atoms with Gasteiger partial charge in [-0.1, -0.05) is 63.3 Å². The van der Waals surface area contributed by atoms with Crippen LogP contribution >= 0.6 is 0 Å². The molecule has 0 spiro atoms. The van der Waals surface area contributed by atoms with Crippen molar-refractivity contribution in [1.29, 1.82) is 0 Å². The molecule has 0 aliphatic carbocycles. The van der Waals surface area contributed by atoms with Gasteiger partial charge in [-0.2, -0.15) is 0 Å². The van der Waals surface area contributed by atoms with E-state index in [0.717, 1.165) is 5.56 Å². The van der Waals surface area contributed by atoms with E-state index in [1.54, 1.807) is 6.92 Å². The quantitative estimate of drug-likeness (QED) is 0.523. The molecular formula is C20H30O4. The van der Waals surface area contributed by atoms with Gasteiger partial charge in [-0.25, -0.2) is 0 Å². The lowest BCUT2D eigenvalue weighted by molar-refractivity contribution is -0.142. The highest BCUT2D eigenvalue weighted by Crippen LogP contribution is 2.35. The molecule has 0 aliphatic rings. The lowest BCUT2D eigenvalue weighted by Crippen LogP contribution is -2.38. The summed E-state index contributed by atoms with van der Waals surface area (Å²) in [5, 5.41) is 10.7. The molecule has 0 aromatic heterocycles. The van der Waals surface area contributed by atoms with Crippen molar-refractivity contribution in [1.82, 2.24) is 0 Å². The lowest BCUT2D eigenvalue weighted by Gasteiger charge is -2.36. The van der Waals surface area contributed by atoms with Gasteiger partial charge >= 0.3 is 5.97 Å². The van der Waals surface area contributed by atoms with Crippen molar-refractivity contribution in [2.75, 3.05) is 13.2 Å². The highest BCUT2D eigenvalue weighted by molar-refractivity contribution is 5.72. The molecule has 0 fully saturated rings. The third-order valence-corrected chi connectivity index (χ3v) is 4.34. The molecular weight excluding hydrogens is 304 g/mol. The van der Waals surface area contributed by atoms with Crippen molar-refractivity contribution in [3.8, 4) is 0 Å². The Morgan fingerprint density at radius 1 is 1.29 bits per heavy atom. The van der Waals surface area contributed by atoms with E-state index < -0.39 is 11.5 Å². The molecule has 4 nitrogen and oxygen atoms in total. The number of carbonyl (C=O) groups excluding carboxylic acids is 1. The Morgan fingerprint density at radius 3 is 2.50 bits per heavy atom. The van der Waals surface area contributed by atoms with E-state index in [9.17, 15) is 9.90 Å². The van der Waals surface area contributed by atoms with E-state index in [4.69, 9.17) is 9.47 Å². The summed E-state index contributed by atoms with van der Waals surface area (Å²) in [5.74, 6) is -0.390. The SMILES string of the molecule is C=C(CC(=O)OCC)C(C)(C)[C@H](O)[C@H](C)COCc1ccccc1. The fraction of sp³-hybridized carbons (Fsp3) is 0.550. The van der Waals surface area contributed by atoms with Crippen molar-refractivity contribution in [2.45, 2.75) is 46.8 Å². The number of hydrogen-bond acceptors (Lipinski definition) is 4. The van der Waals surface area contributed by atoms with Gasteiger partial charge in [-0.15, -0.1) is 0 Å². The Balaban J connectivity index is 2.51. The average molecular weight is 334 g/mol. The maximum Gasteiger partial charge on any atom is 0.309 e. The Kier molecular flexibility index (Phi) is 8.16. The predicted octanol–water partition coefficient (Wildman–Crippen LogP) is 3.74.